The van der Waals surface area contributed by atoms with Gasteiger partial charge < -0.3 is 10.1 Å². The number of aryl methyl sites for hydroxylation is 1. The fourth-order valence-electron chi connectivity index (χ4n) is 2.27. The third kappa shape index (κ3) is 6.39. The lowest BCUT2D eigenvalue weighted by atomic mass is 10.2. The summed E-state index contributed by atoms with van der Waals surface area (Å²) in [5.41, 5.74) is 1.35. The molecule has 0 bridgehead atoms. The molecule has 0 saturated carbocycles. The molecule has 0 aliphatic carbocycles. The summed E-state index contributed by atoms with van der Waals surface area (Å²) in [6.45, 7) is -0.715. The lowest BCUT2D eigenvalue weighted by molar-refractivity contribution is -0.117. The van der Waals surface area contributed by atoms with Crippen molar-refractivity contribution < 1.29 is 18.3 Å². The summed E-state index contributed by atoms with van der Waals surface area (Å²) in [5, 5.41) is 2.71. The van der Waals surface area contributed by atoms with Gasteiger partial charge in [0.15, 0.2) is 0 Å². The van der Waals surface area contributed by atoms with E-state index >= 15 is 0 Å². The molecule has 134 valence electrons. The summed E-state index contributed by atoms with van der Waals surface area (Å²) in [5.74, 6) is 0.320. The van der Waals surface area contributed by atoms with E-state index in [0.717, 1.165) is 10.2 Å². The molecule has 2 aromatic rings. The first kappa shape index (κ1) is 19.3. The van der Waals surface area contributed by atoms with E-state index in [1.807, 2.05) is 13.0 Å². The Morgan fingerprint density at radius 2 is 2.12 bits per heavy atom. The first-order valence-corrected chi connectivity index (χ1v) is 8.28. The number of amides is 1. The van der Waals surface area contributed by atoms with Crippen LogP contribution >= 0.6 is 15.9 Å². The maximum Gasteiger partial charge on any atom is 0.387 e. The Bertz CT molecular complexity index is 744. The average molecular weight is 414 g/mol. The maximum atomic E-state index is 12.5. The molecule has 0 fully saturated rings. The second-order valence-electron chi connectivity index (χ2n) is 5.52. The van der Waals surface area contributed by atoms with Gasteiger partial charge in [0.2, 0.25) is 5.91 Å². The van der Waals surface area contributed by atoms with Gasteiger partial charge in [0.1, 0.15) is 11.6 Å². The normalized spacial score (nSPS) is 11.0. The van der Waals surface area contributed by atoms with Crippen LogP contribution < -0.4 is 10.1 Å². The van der Waals surface area contributed by atoms with E-state index in [0.29, 0.717) is 11.4 Å². The van der Waals surface area contributed by atoms with Gasteiger partial charge in [0.25, 0.3) is 0 Å². The number of nitrogens with one attached hydrogen (secondary N) is 1. The number of likely N-dealkylation sites (N-methyl/N-ethyl adjacent to an activating group) is 1. The van der Waals surface area contributed by atoms with Crippen molar-refractivity contribution in [3.8, 4) is 5.75 Å². The number of rotatable bonds is 7. The van der Waals surface area contributed by atoms with Gasteiger partial charge in [-0.3, -0.25) is 9.69 Å². The molecule has 25 heavy (non-hydrogen) atoms. The number of anilines is 1. The molecular formula is C17H18BrF2N3O2. The standard InChI is InChI=1S/C17H18BrF2N3O2/c1-11-4-3-5-15(21-11)22-16(24)10-23(2)9-12-8-13(18)6-7-14(12)25-17(19)20/h3-8,17H,9-10H2,1-2H3,(H,21,22,24). The quantitative estimate of drug-likeness (QED) is 0.749. The molecule has 0 saturated heterocycles. The minimum absolute atomic E-state index is 0.0796. The lowest BCUT2D eigenvalue weighted by Gasteiger charge is -2.18. The van der Waals surface area contributed by atoms with Gasteiger partial charge in [-0.1, -0.05) is 22.0 Å². The molecule has 0 aliphatic heterocycles. The Balaban J connectivity index is 1.98. The lowest BCUT2D eigenvalue weighted by Crippen LogP contribution is -2.30. The van der Waals surface area contributed by atoms with Crippen molar-refractivity contribution in [3.05, 3.63) is 52.1 Å². The van der Waals surface area contributed by atoms with Crippen LogP contribution in [0.2, 0.25) is 0 Å². The molecule has 0 atom stereocenters. The Labute approximate surface area is 153 Å². The van der Waals surface area contributed by atoms with Gasteiger partial charge in [-0.05, 0) is 44.3 Å². The van der Waals surface area contributed by atoms with Crippen LogP contribution in [-0.2, 0) is 11.3 Å². The number of alkyl halides is 2. The van der Waals surface area contributed by atoms with Gasteiger partial charge in [-0.25, -0.2) is 4.98 Å². The number of nitrogens with zero attached hydrogens (tertiary/aromatic N) is 2. The highest BCUT2D eigenvalue weighted by Crippen LogP contribution is 2.25. The van der Waals surface area contributed by atoms with Crippen molar-refractivity contribution in [1.82, 2.24) is 9.88 Å². The smallest absolute Gasteiger partial charge is 0.387 e. The number of carbonyl (C=O) groups excluding carboxylic acids is 1. The van der Waals surface area contributed by atoms with E-state index in [1.54, 1.807) is 36.2 Å². The highest BCUT2D eigenvalue weighted by atomic mass is 79.9. The largest absolute Gasteiger partial charge is 0.434 e. The first-order valence-electron chi connectivity index (χ1n) is 7.49. The van der Waals surface area contributed by atoms with E-state index in [9.17, 15) is 13.6 Å². The average Bonchev–Trinajstić information content (AvgIpc) is 2.49. The predicted octanol–water partition coefficient (Wildman–Crippen LogP) is 3.82. The van der Waals surface area contributed by atoms with Gasteiger partial charge in [0, 0.05) is 22.3 Å². The second-order valence-corrected chi connectivity index (χ2v) is 6.43. The molecule has 0 aliphatic rings. The molecule has 1 N–H and O–H groups in total. The van der Waals surface area contributed by atoms with E-state index in [4.69, 9.17) is 0 Å². The predicted molar refractivity (Wildman–Crippen MR) is 94.7 cm³/mol. The molecule has 1 amide bonds. The number of hydrogen-bond acceptors (Lipinski definition) is 4. The zero-order valence-electron chi connectivity index (χ0n) is 13.8. The molecular weight excluding hydrogens is 396 g/mol. The molecule has 2 rings (SSSR count). The van der Waals surface area contributed by atoms with Crippen LogP contribution in [0.5, 0.6) is 5.75 Å². The van der Waals surface area contributed by atoms with Gasteiger partial charge in [-0.15, -0.1) is 0 Å². The summed E-state index contributed by atoms with van der Waals surface area (Å²) in [6.07, 6.45) is 0. The SMILES string of the molecule is Cc1cccc(NC(=O)CN(C)Cc2cc(Br)ccc2OC(F)F)n1. The first-order chi connectivity index (χ1) is 11.8. The Hall–Kier alpha value is -2.06. The van der Waals surface area contributed by atoms with Crippen molar-refractivity contribution in [3.63, 3.8) is 0 Å². The Morgan fingerprint density at radius 3 is 2.80 bits per heavy atom. The molecule has 1 aromatic carbocycles. The van der Waals surface area contributed by atoms with Crippen LogP contribution in [-0.4, -0.2) is 36.0 Å². The van der Waals surface area contributed by atoms with Crippen LogP contribution in [0.15, 0.2) is 40.9 Å². The number of halogens is 3. The summed E-state index contributed by atoms with van der Waals surface area (Å²) >= 11 is 3.31. The third-order valence-electron chi connectivity index (χ3n) is 3.25. The zero-order chi connectivity index (χ0) is 18.4. The zero-order valence-corrected chi connectivity index (χ0v) is 15.4. The van der Waals surface area contributed by atoms with E-state index in [2.05, 4.69) is 31.0 Å². The summed E-state index contributed by atoms with van der Waals surface area (Å²) in [6, 6.07) is 10.1. The number of benzene rings is 1. The molecule has 0 unspecified atom stereocenters. The second kappa shape index (κ2) is 8.87. The fraction of sp³-hybridized carbons (Fsp3) is 0.294. The van der Waals surface area contributed by atoms with Crippen molar-refractivity contribution in [2.45, 2.75) is 20.1 Å². The number of carbonyl (C=O) groups is 1. The van der Waals surface area contributed by atoms with E-state index in [-0.39, 0.29) is 24.7 Å². The summed E-state index contributed by atoms with van der Waals surface area (Å²) in [7, 11) is 1.72. The minimum atomic E-state index is -2.90. The molecule has 1 heterocycles. The van der Waals surface area contributed by atoms with Gasteiger partial charge in [-0.2, -0.15) is 8.78 Å². The summed E-state index contributed by atoms with van der Waals surface area (Å²) < 4.78 is 30.3. The number of hydrogen-bond donors (Lipinski definition) is 1. The molecule has 1 aromatic heterocycles. The van der Waals surface area contributed by atoms with Crippen LogP contribution in [0.4, 0.5) is 14.6 Å². The van der Waals surface area contributed by atoms with E-state index < -0.39 is 6.61 Å². The highest BCUT2D eigenvalue weighted by Gasteiger charge is 2.14. The monoisotopic (exact) mass is 413 g/mol. The summed E-state index contributed by atoms with van der Waals surface area (Å²) in [4.78, 5) is 18.0. The number of pyridine rings is 1. The van der Waals surface area contributed by atoms with Crippen molar-refractivity contribution in [2.24, 2.45) is 0 Å². The van der Waals surface area contributed by atoms with Crippen LogP contribution in [0, 0.1) is 6.92 Å². The van der Waals surface area contributed by atoms with Gasteiger partial charge >= 0.3 is 6.61 Å². The third-order valence-corrected chi connectivity index (χ3v) is 3.74. The molecule has 5 nitrogen and oxygen atoms in total. The number of aromatic nitrogens is 1. The topological polar surface area (TPSA) is 54.5 Å². The van der Waals surface area contributed by atoms with Crippen LogP contribution in [0.1, 0.15) is 11.3 Å². The molecule has 0 spiro atoms. The number of ether oxygens (including phenoxy) is 1. The molecule has 0 radical (unpaired) electrons. The maximum absolute atomic E-state index is 12.5. The molecule has 8 heteroatoms. The van der Waals surface area contributed by atoms with E-state index in [1.165, 1.54) is 6.07 Å². The minimum Gasteiger partial charge on any atom is -0.434 e. The van der Waals surface area contributed by atoms with Crippen molar-refractivity contribution in [1.29, 1.82) is 0 Å². The Kier molecular flexibility index (Phi) is 6.83. The highest BCUT2D eigenvalue weighted by molar-refractivity contribution is 9.10. The van der Waals surface area contributed by atoms with Gasteiger partial charge in [0.05, 0.1) is 6.54 Å². The van der Waals surface area contributed by atoms with Crippen molar-refractivity contribution >= 4 is 27.7 Å². The Morgan fingerprint density at radius 1 is 1.36 bits per heavy atom. The van der Waals surface area contributed by atoms with Crippen molar-refractivity contribution in [2.75, 3.05) is 18.9 Å². The van der Waals surface area contributed by atoms with Crippen LogP contribution in [0.25, 0.3) is 0 Å². The van der Waals surface area contributed by atoms with Crippen LogP contribution in [0.3, 0.4) is 0 Å². The fourth-order valence-corrected chi connectivity index (χ4v) is 2.68.